The standard InChI is InChI=1S/C24H32FN7O/c1-30-11-13-31(14-12-30)21-9-8-18(15-20(21)25)28-23-27-16-17-5-4-10-26-24(33)32(22(17)29-23)19-6-2-3-7-19/h8-9,15-16,19H,2-7,10-14H2,1H3,(H,26,33)(H,27,28,29). The Morgan fingerprint density at radius 1 is 1.12 bits per heavy atom. The van der Waals surface area contributed by atoms with Crippen molar-refractivity contribution in [3.63, 3.8) is 0 Å². The van der Waals surface area contributed by atoms with Crippen molar-refractivity contribution >= 4 is 29.2 Å². The van der Waals surface area contributed by atoms with Crippen molar-refractivity contribution in [2.24, 2.45) is 0 Å². The van der Waals surface area contributed by atoms with Crippen molar-refractivity contribution in [2.75, 3.05) is 54.9 Å². The molecule has 1 aliphatic carbocycles. The molecule has 2 N–H and O–H groups in total. The van der Waals surface area contributed by atoms with E-state index in [1.807, 2.05) is 17.0 Å². The average Bonchev–Trinajstić information content (AvgIpc) is 3.32. The number of benzene rings is 1. The predicted octanol–water partition coefficient (Wildman–Crippen LogP) is 3.52. The number of nitrogens with one attached hydrogen (secondary N) is 2. The topological polar surface area (TPSA) is 76.6 Å². The summed E-state index contributed by atoms with van der Waals surface area (Å²) in [5, 5.41) is 6.16. The molecular weight excluding hydrogens is 421 g/mol. The second kappa shape index (κ2) is 9.51. The van der Waals surface area contributed by atoms with Gasteiger partial charge in [-0.15, -0.1) is 0 Å². The van der Waals surface area contributed by atoms with Crippen LogP contribution in [-0.4, -0.2) is 66.7 Å². The van der Waals surface area contributed by atoms with Crippen LogP contribution in [0.2, 0.25) is 0 Å². The van der Waals surface area contributed by atoms with Crippen LogP contribution >= 0.6 is 0 Å². The number of amides is 2. The molecule has 176 valence electrons. The van der Waals surface area contributed by atoms with Gasteiger partial charge in [-0.3, -0.25) is 4.90 Å². The third kappa shape index (κ3) is 4.73. The molecule has 2 amide bonds. The van der Waals surface area contributed by atoms with Crippen LogP contribution in [-0.2, 0) is 6.42 Å². The van der Waals surface area contributed by atoms with E-state index in [0.29, 0.717) is 29.7 Å². The predicted molar refractivity (Wildman–Crippen MR) is 128 cm³/mol. The molecule has 0 bridgehead atoms. The molecule has 8 nitrogen and oxygen atoms in total. The van der Waals surface area contributed by atoms with Gasteiger partial charge in [0.15, 0.2) is 0 Å². The maximum atomic E-state index is 14.9. The van der Waals surface area contributed by atoms with Crippen LogP contribution in [0, 0.1) is 5.82 Å². The summed E-state index contributed by atoms with van der Waals surface area (Å²) < 4.78 is 14.9. The van der Waals surface area contributed by atoms with E-state index in [1.165, 1.54) is 6.07 Å². The summed E-state index contributed by atoms with van der Waals surface area (Å²) in [5.74, 6) is 0.783. The van der Waals surface area contributed by atoms with E-state index in [2.05, 4.69) is 32.5 Å². The normalized spacial score (nSPS) is 20.2. The lowest BCUT2D eigenvalue weighted by Gasteiger charge is -2.34. The van der Waals surface area contributed by atoms with Crippen molar-refractivity contribution in [1.82, 2.24) is 20.2 Å². The molecule has 33 heavy (non-hydrogen) atoms. The Hall–Kier alpha value is -2.94. The van der Waals surface area contributed by atoms with Gasteiger partial charge in [0.05, 0.1) is 5.69 Å². The van der Waals surface area contributed by atoms with Gasteiger partial charge in [0.25, 0.3) is 0 Å². The molecule has 3 heterocycles. The first-order valence-electron chi connectivity index (χ1n) is 12.0. The summed E-state index contributed by atoms with van der Waals surface area (Å²) in [5.41, 5.74) is 2.20. The number of urea groups is 1. The van der Waals surface area contributed by atoms with Crippen molar-refractivity contribution in [3.8, 4) is 0 Å². The SMILES string of the molecule is CN1CCN(c2ccc(Nc3ncc4c(n3)N(C3CCCC3)C(=O)NCCC4)cc2F)CC1. The fourth-order valence-electron chi connectivity index (χ4n) is 5.02. The number of piperazine rings is 1. The van der Waals surface area contributed by atoms with E-state index in [9.17, 15) is 9.18 Å². The summed E-state index contributed by atoms with van der Waals surface area (Å²) in [6, 6.07) is 5.24. The van der Waals surface area contributed by atoms with Crippen LogP contribution in [0.4, 0.5) is 32.3 Å². The van der Waals surface area contributed by atoms with Crippen molar-refractivity contribution in [2.45, 2.75) is 44.6 Å². The van der Waals surface area contributed by atoms with Crippen molar-refractivity contribution < 1.29 is 9.18 Å². The first-order chi connectivity index (χ1) is 16.1. The van der Waals surface area contributed by atoms with Crippen LogP contribution in [0.15, 0.2) is 24.4 Å². The molecule has 0 unspecified atom stereocenters. The highest BCUT2D eigenvalue weighted by Gasteiger charge is 2.32. The summed E-state index contributed by atoms with van der Waals surface area (Å²) in [6.45, 7) is 4.13. The molecule has 9 heteroatoms. The van der Waals surface area contributed by atoms with Crippen LogP contribution in [0.1, 0.15) is 37.7 Å². The lowest BCUT2D eigenvalue weighted by molar-refractivity contribution is 0.243. The molecule has 2 fully saturated rings. The second-order valence-electron chi connectivity index (χ2n) is 9.27. The molecule has 2 aliphatic heterocycles. The maximum Gasteiger partial charge on any atom is 0.323 e. The number of aromatic nitrogens is 2. The van der Waals surface area contributed by atoms with Crippen LogP contribution in [0.5, 0.6) is 0 Å². The number of carbonyl (C=O) groups excluding carboxylic acids is 1. The number of carbonyl (C=O) groups is 1. The third-order valence-electron chi connectivity index (χ3n) is 6.93. The molecule has 1 saturated carbocycles. The Kier molecular flexibility index (Phi) is 6.30. The Balaban J connectivity index is 1.38. The minimum Gasteiger partial charge on any atom is -0.367 e. The molecular formula is C24H32FN7O. The maximum absolute atomic E-state index is 14.9. The number of halogens is 1. The monoisotopic (exact) mass is 453 g/mol. The first-order valence-corrected chi connectivity index (χ1v) is 12.0. The number of likely N-dealkylation sites (N-methyl/N-ethyl adjacent to an activating group) is 1. The zero-order chi connectivity index (χ0) is 22.8. The summed E-state index contributed by atoms with van der Waals surface area (Å²) >= 11 is 0. The Morgan fingerprint density at radius 2 is 1.91 bits per heavy atom. The minimum atomic E-state index is -0.261. The van der Waals surface area contributed by atoms with E-state index in [-0.39, 0.29) is 17.9 Å². The Bertz CT molecular complexity index is 1000. The third-order valence-corrected chi connectivity index (χ3v) is 6.93. The first kappa shape index (κ1) is 21.9. The van der Waals surface area contributed by atoms with Gasteiger partial charge in [0.1, 0.15) is 11.6 Å². The summed E-state index contributed by atoms with van der Waals surface area (Å²) in [6.07, 6.45) is 7.69. The number of hydrogen-bond acceptors (Lipinski definition) is 6. The van der Waals surface area contributed by atoms with Gasteiger partial charge < -0.3 is 20.4 Å². The van der Waals surface area contributed by atoms with E-state index >= 15 is 0 Å². The number of fused-ring (bicyclic) bond motifs is 1. The average molecular weight is 454 g/mol. The zero-order valence-electron chi connectivity index (χ0n) is 19.2. The zero-order valence-corrected chi connectivity index (χ0v) is 19.2. The van der Waals surface area contributed by atoms with Crippen molar-refractivity contribution in [3.05, 3.63) is 35.8 Å². The Labute approximate surface area is 194 Å². The van der Waals surface area contributed by atoms with Gasteiger partial charge in [-0.25, -0.2) is 14.2 Å². The van der Waals surface area contributed by atoms with Gasteiger partial charge in [0, 0.05) is 56.2 Å². The fourth-order valence-corrected chi connectivity index (χ4v) is 5.02. The number of anilines is 4. The van der Waals surface area contributed by atoms with E-state index in [1.54, 1.807) is 6.20 Å². The van der Waals surface area contributed by atoms with Crippen LogP contribution in [0.3, 0.4) is 0 Å². The van der Waals surface area contributed by atoms with Gasteiger partial charge >= 0.3 is 6.03 Å². The van der Waals surface area contributed by atoms with Crippen LogP contribution < -0.4 is 20.4 Å². The molecule has 1 saturated heterocycles. The molecule has 5 rings (SSSR count). The number of rotatable bonds is 4. The molecule has 1 aromatic carbocycles. The highest BCUT2D eigenvalue weighted by Crippen LogP contribution is 2.32. The van der Waals surface area contributed by atoms with Gasteiger partial charge in [-0.2, -0.15) is 4.98 Å². The molecule has 0 spiro atoms. The number of aryl methyl sites for hydroxylation is 1. The molecule has 0 atom stereocenters. The number of nitrogens with zero attached hydrogens (tertiary/aromatic N) is 5. The molecule has 0 radical (unpaired) electrons. The Morgan fingerprint density at radius 3 is 2.67 bits per heavy atom. The molecule has 2 aromatic rings. The molecule has 1 aromatic heterocycles. The van der Waals surface area contributed by atoms with Gasteiger partial charge in [-0.05, 0) is 50.9 Å². The highest BCUT2D eigenvalue weighted by molar-refractivity contribution is 5.92. The fraction of sp³-hybridized carbons (Fsp3) is 0.542. The highest BCUT2D eigenvalue weighted by atomic mass is 19.1. The summed E-state index contributed by atoms with van der Waals surface area (Å²) in [4.78, 5) is 28.3. The molecule has 3 aliphatic rings. The minimum absolute atomic E-state index is 0.0879. The van der Waals surface area contributed by atoms with E-state index in [4.69, 9.17) is 4.98 Å². The number of hydrogen-bond donors (Lipinski definition) is 2. The lowest BCUT2D eigenvalue weighted by Crippen LogP contribution is -2.47. The quantitative estimate of drug-likeness (QED) is 0.738. The summed E-state index contributed by atoms with van der Waals surface area (Å²) in [7, 11) is 2.08. The van der Waals surface area contributed by atoms with E-state index in [0.717, 1.165) is 70.3 Å². The smallest absolute Gasteiger partial charge is 0.323 e. The van der Waals surface area contributed by atoms with E-state index < -0.39 is 0 Å². The van der Waals surface area contributed by atoms with Crippen LogP contribution in [0.25, 0.3) is 0 Å². The van der Waals surface area contributed by atoms with Gasteiger partial charge in [0.2, 0.25) is 5.95 Å². The second-order valence-corrected chi connectivity index (χ2v) is 9.27. The largest absolute Gasteiger partial charge is 0.367 e. The van der Waals surface area contributed by atoms with Crippen molar-refractivity contribution in [1.29, 1.82) is 0 Å². The lowest BCUT2D eigenvalue weighted by atomic mass is 10.1. The van der Waals surface area contributed by atoms with Gasteiger partial charge in [-0.1, -0.05) is 12.8 Å².